The lowest BCUT2D eigenvalue weighted by Crippen LogP contribution is -2.31. The van der Waals surface area contributed by atoms with E-state index in [1.807, 2.05) is 12.1 Å². The van der Waals surface area contributed by atoms with Crippen LogP contribution in [0.4, 0.5) is 0 Å². The quantitative estimate of drug-likeness (QED) is 0.679. The Morgan fingerprint density at radius 2 is 2.00 bits per heavy atom. The third-order valence-corrected chi connectivity index (χ3v) is 3.20. The van der Waals surface area contributed by atoms with E-state index in [-0.39, 0.29) is 5.91 Å². The van der Waals surface area contributed by atoms with Gasteiger partial charge in [-0.1, -0.05) is 24.3 Å². The fourth-order valence-corrected chi connectivity index (χ4v) is 2.29. The predicted octanol–water partition coefficient (Wildman–Crippen LogP) is 1.75. The van der Waals surface area contributed by atoms with Crippen LogP contribution in [0, 0.1) is 0 Å². The van der Waals surface area contributed by atoms with Crippen molar-refractivity contribution in [2.24, 2.45) is 5.10 Å². The highest BCUT2D eigenvalue weighted by Gasteiger charge is 2.19. The first-order valence-electron chi connectivity index (χ1n) is 6.46. The van der Waals surface area contributed by atoms with Crippen LogP contribution in [0.3, 0.4) is 0 Å². The van der Waals surface area contributed by atoms with Crippen molar-refractivity contribution in [3.63, 3.8) is 0 Å². The summed E-state index contributed by atoms with van der Waals surface area (Å²) in [5.41, 5.74) is 5.09. The highest BCUT2D eigenvalue weighted by atomic mass is 16.3. The van der Waals surface area contributed by atoms with E-state index in [0.717, 1.165) is 13.1 Å². The molecule has 102 valence electrons. The van der Waals surface area contributed by atoms with Crippen molar-refractivity contribution in [2.45, 2.75) is 13.1 Å². The Morgan fingerprint density at radius 1 is 1.25 bits per heavy atom. The molecule has 1 aromatic carbocycles. The number of carbonyl (C=O) groups excluding carboxylic acids is 1. The van der Waals surface area contributed by atoms with E-state index in [0.29, 0.717) is 12.3 Å². The minimum absolute atomic E-state index is 0.124. The molecule has 2 aromatic rings. The largest absolute Gasteiger partial charge is 0.463 e. The van der Waals surface area contributed by atoms with Crippen LogP contribution in [-0.2, 0) is 17.9 Å². The highest BCUT2D eigenvalue weighted by molar-refractivity contribution is 5.81. The molecule has 1 aliphatic rings. The fraction of sp³-hybridized carbons (Fsp3) is 0.200. The van der Waals surface area contributed by atoms with E-state index in [9.17, 15) is 4.79 Å². The Hall–Kier alpha value is -2.40. The lowest BCUT2D eigenvalue weighted by Gasteiger charge is -2.12. The van der Waals surface area contributed by atoms with Gasteiger partial charge in [0, 0.05) is 13.1 Å². The van der Waals surface area contributed by atoms with E-state index < -0.39 is 0 Å². The monoisotopic (exact) mass is 269 g/mol. The first-order valence-corrected chi connectivity index (χ1v) is 6.46. The molecule has 1 aliphatic heterocycles. The second kappa shape index (κ2) is 5.71. The van der Waals surface area contributed by atoms with Crippen LogP contribution in [0.2, 0.25) is 0 Å². The van der Waals surface area contributed by atoms with E-state index in [2.05, 4.69) is 27.6 Å². The van der Waals surface area contributed by atoms with Gasteiger partial charge in [0.2, 0.25) is 0 Å². The molecule has 0 fully saturated rings. The van der Waals surface area contributed by atoms with E-state index in [1.54, 1.807) is 18.4 Å². The van der Waals surface area contributed by atoms with Crippen molar-refractivity contribution in [3.8, 4) is 0 Å². The maximum absolute atomic E-state index is 11.8. The third kappa shape index (κ3) is 2.95. The molecular formula is C15H15N3O2. The van der Waals surface area contributed by atoms with Crippen molar-refractivity contribution in [2.75, 3.05) is 6.54 Å². The number of nitrogens with one attached hydrogen (secondary N) is 1. The standard InChI is InChI=1S/C15H15N3O2/c19-15(17-16-8-14-6-3-7-20-14)11-18-9-12-4-1-2-5-13(12)10-18/h1-8H,9-11H2,(H,17,19)/b16-8-. The average molecular weight is 269 g/mol. The summed E-state index contributed by atoms with van der Waals surface area (Å²) in [6.45, 7) is 1.96. The number of hydrazone groups is 1. The second-order valence-electron chi connectivity index (χ2n) is 4.72. The minimum Gasteiger partial charge on any atom is -0.463 e. The molecule has 0 bridgehead atoms. The molecule has 0 saturated carbocycles. The predicted molar refractivity (Wildman–Crippen MR) is 75.0 cm³/mol. The summed E-state index contributed by atoms with van der Waals surface area (Å²) < 4.78 is 5.08. The summed E-state index contributed by atoms with van der Waals surface area (Å²) in [5, 5.41) is 3.86. The number of amides is 1. The molecule has 20 heavy (non-hydrogen) atoms. The number of hydrogen-bond donors (Lipinski definition) is 1. The molecule has 0 atom stereocenters. The topological polar surface area (TPSA) is 57.8 Å². The van der Waals surface area contributed by atoms with Gasteiger partial charge in [-0.25, -0.2) is 5.43 Å². The number of furan rings is 1. The summed E-state index contributed by atoms with van der Waals surface area (Å²) in [6, 6.07) is 11.8. The zero-order valence-electron chi connectivity index (χ0n) is 11.0. The van der Waals surface area contributed by atoms with Crippen molar-refractivity contribution in [1.29, 1.82) is 0 Å². The molecule has 1 aromatic heterocycles. The third-order valence-electron chi connectivity index (χ3n) is 3.20. The van der Waals surface area contributed by atoms with Crippen LogP contribution >= 0.6 is 0 Å². The summed E-state index contributed by atoms with van der Waals surface area (Å²) >= 11 is 0. The van der Waals surface area contributed by atoms with Crippen LogP contribution in [-0.4, -0.2) is 23.6 Å². The second-order valence-corrected chi connectivity index (χ2v) is 4.72. The molecule has 0 aliphatic carbocycles. The Kier molecular flexibility index (Phi) is 3.60. The lowest BCUT2D eigenvalue weighted by molar-refractivity contribution is -0.122. The van der Waals surface area contributed by atoms with Gasteiger partial charge in [-0.3, -0.25) is 9.69 Å². The van der Waals surface area contributed by atoms with Crippen molar-refractivity contribution in [3.05, 3.63) is 59.5 Å². The molecule has 1 amide bonds. The summed E-state index contributed by atoms with van der Waals surface area (Å²) in [7, 11) is 0. The Balaban J connectivity index is 1.49. The number of nitrogens with zero attached hydrogens (tertiary/aromatic N) is 2. The molecule has 0 unspecified atom stereocenters. The van der Waals surface area contributed by atoms with Gasteiger partial charge in [-0.2, -0.15) is 5.10 Å². The van der Waals surface area contributed by atoms with Crippen LogP contribution in [0.25, 0.3) is 0 Å². The zero-order valence-corrected chi connectivity index (χ0v) is 11.0. The molecular weight excluding hydrogens is 254 g/mol. The first kappa shape index (κ1) is 12.6. The van der Waals surface area contributed by atoms with Crippen molar-refractivity contribution in [1.82, 2.24) is 10.3 Å². The van der Waals surface area contributed by atoms with Gasteiger partial charge < -0.3 is 4.42 Å². The van der Waals surface area contributed by atoms with Gasteiger partial charge >= 0.3 is 0 Å². The maximum atomic E-state index is 11.8. The van der Waals surface area contributed by atoms with E-state index in [4.69, 9.17) is 4.42 Å². The number of hydrogen-bond acceptors (Lipinski definition) is 4. The molecule has 0 radical (unpaired) electrons. The van der Waals surface area contributed by atoms with Gasteiger partial charge in [0.15, 0.2) is 0 Å². The van der Waals surface area contributed by atoms with Gasteiger partial charge in [-0.05, 0) is 23.3 Å². The van der Waals surface area contributed by atoms with Gasteiger partial charge in [0.25, 0.3) is 5.91 Å². The zero-order chi connectivity index (χ0) is 13.8. The van der Waals surface area contributed by atoms with E-state index >= 15 is 0 Å². The number of rotatable bonds is 4. The number of benzene rings is 1. The van der Waals surface area contributed by atoms with Crippen molar-refractivity contribution >= 4 is 12.1 Å². The average Bonchev–Trinajstić information content (AvgIpc) is 3.06. The normalized spacial score (nSPS) is 14.6. The molecule has 2 heterocycles. The Bertz CT molecular complexity index is 595. The van der Waals surface area contributed by atoms with Gasteiger partial charge in [0.05, 0.1) is 19.0 Å². The highest BCUT2D eigenvalue weighted by Crippen LogP contribution is 2.21. The van der Waals surface area contributed by atoms with Crippen LogP contribution in [0.1, 0.15) is 16.9 Å². The molecule has 3 rings (SSSR count). The Morgan fingerprint density at radius 3 is 2.65 bits per heavy atom. The number of carbonyl (C=O) groups is 1. The van der Waals surface area contributed by atoms with Crippen molar-refractivity contribution < 1.29 is 9.21 Å². The van der Waals surface area contributed by atoms with Gasteiger partial charge in [-0.15, -0.1) is 0 Å². The van der Waals surface area contributed by atoms with Crippen LogP contribution in [0.5, 0.6) is 0 Å². The summed E-state index contributed by atoms with van der Waals surface area (Å²) in [5.74, 6) is 0.486. The molecule has 0 spiro atoms. The molecule has 0 saturated heterocycles. The van der Waals surface area contributed by atoms with Crippen LogP contribution < -0.4 is 5.43 Å². The molecule has 5 heteroatoms. The van der Waals surface area contributed by atoms with Gasteiger partial charge in [0.1, 0.15) is 5.76 Å². The first-order chi connectivity index (χ1) is 9.81. The summed E-state index contributed by atoms with van der Waals surface area (Å²) in [4.78, 5) is 13.9. The maximum Gasteiger partial charge on any atom is 0.254 e. The lowest BCUT2D eigenvalue weighted by atomic mass is 10.1. The summed E-state index contributed by atoms with van der Waals surface area (Å²) in [6.07, 6.45) is 3.04. The minimum atomic E-state index is -0.124. The fourth-order valence-electron chi connectivity index (χ4n) is 2.29. The Labute approximate surface area is 116 Å². The van der Waals surface area contributed by atoms with Crippen LogP contribution in [0.15, 0.2) is 52.2 Å². The molecule has 5 nitrogen and oxygen atoms in total. The smallest absolute Gasteiger partial charge is 0.254 e. The molecule has 1 N–H and O–H groups in total. The SMILES string of the molecule is O=C(CN1Cc2ccccc2C1)N/N=C\c1ccco1. The number of fused-ring (bicyclic) bond motifs is 1. The van der Waals surface area contributed by atoms with E-state index in [1.165, 1.54) is 17.3 Å².